The molecular formula is C17H21BO3. The minimum Gasteiger partial charge on any atom is -0.399 e. The van der Waals surface area contributed by atoms with E-state index >= 15 is 0 Å². The molecule has 0 radical (unpaired) electrons. The van der Waals surface area contributed by atoms with Crippen LogP contribution in [0.3, 0.4) is 0 Å². The van der Waals surface area contributed by atoms with Crippen LogP contribution in [0.15, 0.2) is 18.2 Å². The molecule has 0 N–H and O–H groups in total. The molecule has 1 aliphatic heterocycles. The van der Waals surface area contributed by atoms with E-state index in [1.807, 2.05) is 12.1 Å². The largest absolute Gasteiger partial charge is 0.495 e. The maximum Gasteiger partial charge on any atom is 0.495 e. The molecule has 3 aliphatic carbocycles. The molecule has 21 heavy (non-hydrogen) atoms. The number of carbonyl (C=O) groups is 1. The Hall–Kier alpha value is -1.13. The minimum atomic E-state index is -0.366. The molecule has 0 aromatic heterocycles. The quantitative estimate of drug-likeness (QED) is 0.744. The van der Waals surface area contributed by atoms with Crippen LogP contribution < -0.4 is 5.46 Å². The minimum absolute atomic E-state index is 0.260. The topological polar surface area (TPSA) is 35.5 Å². The number of benzene rings is 1. The molecule has 3 nitrogen and oxygen atoms in total. The summed E-state index contributed by atoms with van der Waals surface area (Å²) in [6.45, 7) is 8.25. The Balaban J connectivity index is 1.78. The monoisotopic (exact) mass is 284 g/mol. The van der Waals surface area contributed by atoms with Gasteiger partial charge < -0.3 is 9.31 Å². The fourth-order valence-corrected chi connectivity index (χ4v) is 3.72. The summed E-state index contributed by atoms with van der Waals surface area (Å²) in [5.74, 6) is 1.08. The highest BCUT2D eigenvalue weighted by Crippen LogP contribution is 2.49. The van der Waals surface area contributed by atoms with Crippen LogP contribution >= 0.6 is 0 Å². The summed E-state index contributed by atoms with van der Waals surface area (Å²) in [6.07, 6.45) is 2.00. The van der Waals surface area contributed by atoms with E-state index < -0.39 is 0 Å². The second-order valence-corrected chi connectivity index (χ2v) is 7.63. The van der Waals surface area contributed by atoms with Gasteiger partial charge in [-0.2, -0.15) is 0 Å². The predicted octanol–water partition coefficient (Wildman–Crippen LogP) is 2.68. The molecule has 110 valence electrons. The normalized spacial score (nSPS) is 31.8. The van der Waals surface area contributed by atoms with Crippen LogP contribution in [0.1, 0.15) is 62.4 Å². The maximum absolute atomic E-state index is 12.4. The molecule has 1 saturated heterocycles. The molecule has 1 saturated carbocycles. The predicted molar refractivity (Wildman–Crippen MR) is 82.0 cm³/mol. The highest BCUT2D eigenvalue weighted by atomic mass is 16.7. The van der Waals surface area contributed by atoms with Gasteiger partial charge in [-0.05, 0) is 57.5 Å². The second-order valence-electron chi connectivity index (χ2n) is 7.63. The van der Waals surface area contributed by atoms with E-state index in [1.165, 1.54) is 5.56 Å². The molecule has 2 bridgehead atoms. The van der Waals surface area contributed by atoms with Crippen molar-refractivity contribution in [3.8, 4) is 0 Å². The Morgan fingerprint density at radius 2 is 1.67 bits per heavy atom. The van der Waals surface area contributed by atoms with Gasteiger partial charge in [0, 0.05) is 11.5 Å². The Kier molecular flexibility index (Phi) is 2.57. The van der Waals surface area contributed by atoms with Gasteiger partial charge in [-0.1, -0.05) is 18.2 Å². The van der Waals surface area contributed by atoms with Gasteiger partial charge in [-0.3, -0.25) is 4.79 Å². The summed E-state index contributed by atoms with van der Waals surface area (Å²) < 4.78 is 12.4. The number of carbonyl (C=O) groups excluding carboxylic acids is 1. The third kappa shape index (κ3) is 1.72. The van der Waals surface area contributed by atoms with Gasteiger partial charge in [0.15, 0.2) is 5.78 Å². The Bertz CT molecular complexity index is 613. The zero-order valence-electron chi connectivity index (χ0n) is 13.1. The van der Waals surface area contributed by atoms with E-state index in [0.29, 0.717) is 11.7 Å². The number of hydrogen-bond donors (Lipinski definition) is 0. The summed E-state index contributed by atoms with van der Waals surface area (Å²) in [6, 6.07) is 5.99. The van der Waals surface area contributed by atoms with Gasteiger partial charge in [0.05, 0.1) is 11.2 Å². The molecule has 4 aliphatic rings. The lowest BCUT2D eigenvalue weighted by Gasteiger charge is -2.42. The fraction of sp³-hybridized carbons (Fsp3) is 0.588. The SMILES string of the molecule is CC1(C)OB(c2cccc3c2C2CC(C2)C3=O)OC1(C)C. The van der Waals surface area contributed by atoms with E-state index in [2.05, 4.69) is 33.8 Å². The van der Waals surface area contributed by atoms with Crippen molar-refractivity contribution < 1.29 is 14.1 Å². The number of ketones is 1. The molecule has 5 rings (SSSR count). The van der Waals surface area contributed by atoms with Crippen molar-refractivity contribution in [3.63, 3.8) is 0 Å². The lowest BCUT2D eigenvalue weighted by atomic mass is 9.57. The van der Waals surface area contributed by atoms with Crippen LogP contribution in [0.5, 0.6) is 0 Å². The lowest BCUT2D eigenvalue weighted by molar-refractivity contribution is 0.00578. The highest BCUT2D eigenvalue weighted by molar-refractivity contribution is 6.63. The van der Waals surface area contributed by atoms with Gasteiger partial charge in [0.25, 0.3) is 0 Å². The Morgan fingerprint density at radius 1 is 1.05 bits per heavy atom. The molecule has 0 atom stereocenters. The van der Waals surface area contributed by atoms with E-state index in [-0.39, 0.29) is 24.2 Å². The van der Waals surface area contributed by atoms with E-state index in [9.17, 15) is 4.79 Å². The van der Waals surface area contributed by atoms with Crippen LogP contribution in [0, 0.1) is 5.92 Å². The first-order chi connectivity index (χ1) is 9.80. The molecule has 4 heteroatoms. The summed E-state index contributed by atoms with van der Waals surface area (Å²) in [5.41, 5.74) is 2.45. The standard InChI is InChI=1S/C17H21BO3/c1-16(2)17(3,4)21-18(20-16)13-7-5-6-12-14(13)10-8-11(9-10)15(12)19/h5-7,10-11H,8-9H2,1-4H3. The Labute approximate surface area is 126 Å². The third-order valence-corrected chi connectivity index (χ3v) is 5.83. The van der Waals surface area contributed by atoms with Crippen LogP contribution in [0.25, 0.3) is 0 Å². The van der Waals surface area contributed by atoms with Crippen molar-refractivity contribution in [2.24, 2.45) is 5.92 Å². The smallest absolute Gasteiger partial charge is 0.399 e. The van der Waals surface area contributed by atoms with Crippen molar-refractivity contribution >= 4 is 18.4 Å². The summed E-state index contributed by atoms with van der Waals surface area (Å²) in [5, 5.41) is 0. The van der Waals surface area contributed by atoms with E-state index in [1.54, 1.807) is 0 Å². The maximum atomic E-state index is 12.4. The molecule has 1 heterocycles. The molecule has 0 unspecified atom stereocenters. The Morgan fingerprint density at radius 3 is 2.29 bits per heavy atom. The second kappa shape index (κ2) is 3.99. The van der Waals surface area contributed by atoms with E-state index in [4.69, 9.17) is 9.31 Å². The van der Waals surface area contributed by atoms with Crippen LogP contribution in [0.2, 0.25) is 0 Å². The first kappa shape index (κ1) is 13.5. The molecule has 0 amide bonds. The molecular weight excluding hydrogens is 263 g/mol. The molecule has 1 aromatic rings. The molecule has 2 fully saturated rings. The summed E-state index contributed by atoms with van der Waals surface area (Å²) >= 11 is 0. The van der Waals surface area contributed by atoms with Crippen molar-refractivity contribution in [2.75, 3.05) is 0 Å². The highest BCUT2D eigenvalue weighted by Gasteiger charge is 2.54. The third-order valence-electron chi connectivity index (χ3n) is 5.83. The summed E-state index contributed by atoms with van der Waals surface area (Å²) in [4.78, 5) is 12.4. The summed E-state index contributed by atoms with van der Waals surface area (Å²) in [7, 11) is -0.366. The average Bonchev–Trinajstić information content (AvgIpc) is 2.56. The van der Waals surface area contributed by atoms with Gasteiger partial charge in [0.2, 0.25) is 0 Å². The van der Waals surface area contributed by atoms with Crippen molar-refractivity contribution in [3.05, 3.63) is 29.3 Å². The van der Waals surface area contributed by atoms with Crippen molar-refractivity contribution in [1.82, 2.24) is 0 Å². The number of Topliss-reactive ketones (excluding diaryl/α,β-unsaturated/α-hetero) is 1. The average molecular weight is 284 g/mol. The van der Waals surface area contributed by atoms with Gasteiger partial charge in [-0.15, -0.1) is 0 Å². The first-order valence-corrected chi connectivity index (χ1v) is 7.83. The van der Waals surface area contributed by atoms with Gasteiger partial charge in [-0.25, -0.2) is 0 Å². The van der Waals surface area contributed by atoms with Crippen LogP contribution in [0.4, 0.5) is 0 Å². The van der Waals surface area contributed by atoms with Gasteiger partial charge in [0.1, 0.15) is 0 Å². The van der Waals surface area contributed by atoms with Gasteiger partial charge >= 0.3 is 7.12 Å². The van der Waals surface area contributed by atoms with E-state index in [0.717, 1.165) is 23.9 Å². The van der Waals surface area contributed by atoms with Crippen LogP contribution in [-0.4, -0.2) is 24.1 Å². The lowest BCUT2D eigenvalue weighted by Crippen LogP contribution is -2.45. The fourth-order valence-electron chi connectivity index (χ4n) is 3.72. The van der Waals surface area contributed by atoms with Crippen molar-refractivity contribution in [2.45, 2.75) is 57.7 Å². The zero-order chi connectivity index (χ0) is 15.0. The first-order valence-electron chi connectivity index (χ1n) is 7.83. The molecule has 1 aromatic carbocycles. The van der Waals surface area contributed by atoms with Crippen molar-refractivity contribution in [1.29, 1.82) is 0 Å². The number of hydrogen-bond acceptors (Lipinski definition) is 3. The zero-order valence-corrected chi connectivity index (χ0v) is 13.1. The van der Waals surface area contributed by atoms with Crippen LogP contribution in [-0.2, 0) is 9.31 Å². The number of rotatable bonds is 1. The molecule has 0 spiro atoms.